The number of nitriles is 1. The molecule has 3 N–H and O–H groups in total. The summed E-state index contributed by atoms with van der Waals surface area (Å²) < 4.78 is 11.4. The quantitative estimate of drug-likeness (QED) is 0.665. The first-order chi connectivity index (χ1) is 10.5. The summed E-state index contributed by atoms with van der Waals surface area (Å²) >= 11 is 0. The van der Waals surface area contributed by atoms with E-state index in [4.69, 9.17) is 14.9 Å². The van der Waals surface area contributed by atoms with Crippen LogP contribution in [-0.4, -0.2) is 11.4 Å². The van der Waals surface area contributed by atoms with Gasteiger partial charge in [0.25, 0.3) is 0 Å². The van der Waals surface area contributed by atoms with Crippen molar-refractivity contribution in [3.63, 3.8) is 0 Å². The lowest BCUT2D eigenvalue weighted by Crippen LogP contribution is -2.31. The number of nitrogen functional groups attached to an aromatic ring is 1. The predicted octanol–water partition coefficient (Wildman–Crippen LogP) is 3.03. The van der Waals surface area contributed by atoms with Crippen LogP contribution in [0.1, 0.15) is 25.0 Å². The first-order valence-corrected chi connectivity index (χ1v) is 6.98. The molecule has 1 aromatic heterocycles. The highest BCUT2D eigenvalue weighted by atomic mass is 16.6. The molecule has 4 rings (SSSR count). The van der Waals surface area contributed by atoms with E-state index < -0.39 is 11.7 Å². The zero-order valence-electron chi connectivity index (χ0n) is 12.2. The molecule has 2 aromatic carbocycles. The second-order valence-corrected chi connectivity index (χ2v) is 6.10. The fraction of sp³-hybridized carbons (Fsp3) is 0.235. The number of fused-ring (bicyclic) bond motifs is 6. The van der Waals surface area contributed by atoms with Crippen LogP contribution in [0, 0.1) is 11.3 Å². The van der Waals surface area contributed by atoms with Crippen molar-refractivity contribution in [1.82, 2.24) is 0 Å². The highest BCUT2D eigenvalue weighted by Crippen LogP contribution is 2.52. The molecule has 0 saturated heterocycles. The van der Waals surface area contributed by atoms with Gasteiger partial charge >= 0.3 is 0 Å². The number of hydrogen-bond donors (Lipinski definition) is 2. The van der Waals surface area contributed by atoms with Crippen LogP contribution in [0.4, 0.5) is 5.88 Å². The van der Waals surface area contributed by atoms with Crippen LogP contribution >= 0.6 is 0 Å². The standard InChI is InChI=1S/C17H14N2O3/c1-17(2)12-11-10(7-18)15(19)21-13(11)8-5-3-4-6-9(8)14(12)22-16(17)20/h3-6,16,20H,19H2,1-2H3/t16-/m1/s1. The Labute approximate surface area is 126 Å². The van der Waals surface area contributed by atoms with Crippen molar-refractivity contribution in [2.75, 3.05) is 5.73 Å². The van der Waals surface area contributed by atoms with Gasteiger partial charge in [0, 0.05) is 21.7 Å². The molecule has 0 aliphatic carbocycles. The summed E-state index contributed by atoms with van der Waals surface area (Å²) in [6, 6.07) is 9.69. The summed E-state index contributed by atoms with van der Waals surface area (Å²) in [5.74, 6) is 0.686. The Kier molecular flexibility index (Phi) is 2.32. The predicted molar refractivity (Wildman–Crippen MR) is 82.5 cm³/mol. The van der Waals surface area contributed by atoms with Gasteiger partial charge in [-0.3, -0.25) is 0 Å². The molecule has 0 saturated carbocycles. The van der Waals surface area contributed by atoms with Gasteiger partial charge in [0.1, 0.15) is 23.0 Å². The van der Waals surface area contributed by atoms with Crippen LogP contribution in [0.5, 0.6) is 5.75 Å². The van der Waals surface area contributed by atoms with Gasteiger partial charge in [0.2, 0.25) is 12.2 Å². The summed E-state index contributed by atoms with van der Waals surface area (Å²) in [4.78, 5) is 0. The van der Waals surface area contributed by atoms with Gasteiger partial charge < -0.3 is 20.0 Å². The van der Waals surface area contributed by atoms with Gasteiger partial charge in [-0.1, -0.05) is 24.3 Å². The Balaban J connectivity index is 2.34. The normalized spacial score (nSPS) is 19.1. The molecule has 0 fully saturated rings. The van der Waals surface area contributed by atoms with E-state index in [0.29, 0.717) is 22.3 Å². The van der Waals surface area contributed by atoms with Crippen molar-refractivity contribution in [2.45, 2.75) is 25.6 Å². The molecule has 5 nitrogen and oxygen atoms in total. The van der Waals surface area contributed by atoms with Crippen LogP contribution in [0.3, 0.4) is 0 Å². The number of aliphatic hydroxyl groups excluding tert-OH is 1. The topological polar surface area (TPSA) is 92.4 Å². The minimum Gasteiger partial charge on any atom is -0.463 e. The van der Waals surface area contributed by atoms with Crippen LogP contribution in [0.2, 0.25) is 0 Å². The number of aliphatic hydroxyl groups is 1. The van der Waals surface area contributed by atoms with Crippen molar-refractivity contribution in [3.8, 4) is 11.8 Å². The highest BCUT2D eigenvalue weighted by molar-refractivity contribution is 6.13. The van der Waals surface area contributed by atoms with E-state index in [1.165, 1.54) is 0 Å². The third-order valence-corrected chi connectivity index (χ3v) is 4.43. The van der Waals surface area contributed by atoms with E-state index in [1.54, 1.807) is 0 Å². The number of furan rings is 1. The van der Waals surface area contributed by atoms with E-state index in [1.807, 2.05) is 38.1 Å². The summed E-state index contributed by atoms with van der Waals surface area (Å²) in [6.45, 7) is 3.75. The summed E-state index contributed by atoms with van der Waals surface area (Å²) in [6.07, 6.45) is -0.987. The monoisotopic (exact) mass is 294 g/mol. The van der Waals surface area contributed by atoms with Crippen LogP contribution in [-0.2, 0) is 5.41 Å². The lowest BCUT2D eigenvalue weighted by molar-refractivity contribution is -0.0442. The largest absolute Gasteiger partial charge is 0.463 e. The molecule has 0 spiro atoms. The molecule has 22 heavy (non-hydrogen) atoms. The number of nitrogens with zero attached hydrogens (tertiary/aromatic N) is 1. The third kappa shape index (κ3) is 1.35. The van der Waals surface area contributed by atoms with E-state index in [2.05, 4.69) is 6.07 Å². The van der Waals surface area contributed by atoms with Gasteiger partial charge in [0.15, 0.2) is 0 Å². The molecule has 1 atom stereocenters. The van der Waals surface area contributed by atoms with Crippen molar-refractivity contribution >= 4 is 27.6 Å². The summed E-state index contributed by atoms with van der Waals surface area (Å²) in [7, 11) is 0. The molecule has 0 bridgehead atoms. The molecule has 3 aromatic rings. The number of hydrogen-bond acceptors (Lipinski definition) is 5. The average molecular weight is 294 g/mol. The molecule has 1 aliphatic rings. The fourth-order valence-corrected chi connectivity index (χ4v) is 3.23. The van der Waals surface area contributed by atoms with Crippen molar-refractivity contribution < 1.29 is 14.3 Å². The second kappa shape index (κ2) is 3.93. The molecular formula is C17H14N2O3. The minimum absolute atomic E-state index is 0.0910. The molecular weight excluding hydrogens is 280 g/mol. The van der Waals surface area contributed by atoms with Crippen molar-refractivity contribution in [3.05, 3.63) is 35.4 Å². The van der Waals surface area contributed by atoms with Gasteiger partial charge in [-0.15, -0.1) is 0 Å². The van der Waals surface area contributed by atoms with Crippen LogP contribution in [0.15, 0.2) is 28.7 Å². The minimum atomic E-state index is -0.987. The Morgan fingerprint density at radius 1 is 1.27 bits per heavy atom. The summed E-state index contributed by atoms with van der Waals surface area (Å²) in [5.41, 5.74) is 6.84. The first kappa shape index (κ1) is 13.0. The molecule has 1 aliphatic heterocycles. The van der Waals surface area contributed by atoms with Gasteiger partial charge in [-0.25, -0.2) is 0 Å². The number of benzene rings is 2. The molecule has 110 valence electrons. The SMILES string of the molecule is CC1(C)c2c(c3ccccc3c3oc(N)c(C#N)c23)O[C@H]1O. The van der Waals surface area contributed by atoms with Gasteiger partial charge in [0.05, 0.1) is 5.41 Å². The first-order valence-electron chi connectivity index (χ1n) is 6.98. The maximum atomic E-state index is 10.3. The van der Waals surface area contributed by atoms with Crippen LogP contribution in [0.25, 0.3) is 21.7 Å². The molecule has 5 heteroatoms. The Morgan fingerprint density at radius 2 is 1.95 bits per heavy atom. The molecule has 0 radical (unpaired) electrons. The third-order valence-electron chi connectivity index (χ3n) is 4.43. The number of nitrogens with two attached hydrogens (primary N) is 1. The Hall–Kier alpha value is -2.71. The number of rotatable bonds is 0. The van der Waals surface area contributed by atoms with E-state index in [0.717, 1.165) is 16.3 Å². The molecule has 2 heterocycles. The smallest absolute Gasteiger partial charge is 0.209 e. The van der Waals surface area contributed by atoms with Gasteiger partial charge in [-0.05, 0) is 13.8 Å². The number of ether oxygens (including phenoxy) is 1. The van der Waals surface area contributed by atoms with Crippen molar-refractivity contribution in [2.24, 2.45) is 0 Å². The maximum Gasteiger partial charge on any atom is 0.209 e. The van der Waals surface area contributed by atoms with Gasteiger partial charge in [-0.2, -0.15) is 5.26 Å². The van der Waals surface area contributed by atoms with Crippen molar-refractivity contribution in [1.29, 1.82) is 5.26 Å². The zero-order valence-corrected chi connectivity index (χ0v) is 12.2. The van der Waals surface area contributed by atoms with E-state index in [-0.39, 0.29) is 5.88 Å². The Bertz CT molecular complexity index is 979. The van der Waals surface area contributed by atoms with E-state index in [9.17, 15) is 10.4 Å². The Morgan fingerprint density at radius 3 is 2.64 bits per heavy atom. The fourth-order valence-electron chi connectivity index (χ4n) is 3.23. The second-order valence-electron chi connectivity index (χ2n) is 6.10. The highest BCUT2D eigenvalue weighted by Gasteiger charge is 2.44. The summed E-state index contributed by atoms with van der Waals surface area (Å²) in [5, 5.41) is 22.0. The molecule has 0 unspecified atom stereocenters. The maximum absolute atomic E-state index is 10.3. The lowest BCUT2D eigenvalue weighted by Gasteiger charge is -2.21. The lowest BCUT2D eigenvalue weighted by atomic mass is 9.81. The average Bonchev–Trinajstić information content (AvgIpc) is 2.94. The number of anilines is 1. The van der Waals surface area contributed by atoms with E-state index >= 15 is 0 Å². The zero-order chi connectivity index (χ0) is 15.6. The molecule has 0 amide bonds. The van der Waals surface area contributed by atoms with Crippen LogP contribution < -0.4 is 10.5 Å².